The average molecular weight is 439 g/mol. The van der Waals surface area contributed by atoms with Crippen molar-refractivity contribution in [3.63, 3.8) is 0 Å². The topological polar surface area (TPSA) is 88.0 Å². The van der Waals surface area contributed by atoms with Gasteiger partial charge in [-0.25, -0.2) is 4.79 Å². The Labute approximate surface area is 191 Å². The molecule has 2 rings (SSSR count). The fraction of sp³-hybridized carbons (Fsp3) is 0.346. The van der Waals surface area contributed by atoms with Gasteiger partial charge in [-0.15, -0.1) is 0 Å². The molecule has 0 bridgehead atoms. The highest BCUT2D eigenvalue weighted by atomic mass is 16.5. The molecule has 0 aliphatic heterocycles. The third-order valence-electron chi connectivity index (χ3n) is 4.70. The molecule has 0 fully saturated rings. The van der Waals surface area contributed by atoms with Gasteiger partial charge in [-0.1, -0.05) is 52.8 Å². The van der Waals surface area contributed by atoms with E-state index in [1.807, 2.05) is 32.0 Å². The summed E-state index contributed by atoms with van der Waals surface area (Å²) in [6.45, 7) is 12.0. The molecule has 6 nitrogen and oxygen atoms in total. The first-order valence-electron chi connectivity index (χ1n) is 10.6. The Hall–Kier alpha value is -3.41. The second-order valence-corrected chi connectivity index (χ2v) is 7.94. The van der Waals surface area contributed by atoms with Crippen LogP contribution in [0.3, 0.4) is 0 Å². The smallest absolute Gasteiger partial charge is 0.354 e. The lowest BCUT2D eigenvalue weighted by atomic mass is 9.86. The van der Waals surface area contributed by atoms with E-state index in [1.54, 1.807) is 31.2 Å². The largest absolute Gasteiger partial charge is 0.496 e. The summed E-state index contributed by atoms with van der Waals surface area (Å²) in [5, 5.41) is 12.1. The molecule has 0 aromatic heterocycles. The minimum atomic E-state index is -1.09. The predicted molar refractivity (Wildman–Crippen MR) is 132 cm³/mol. The lowest BCUT2D eigenvalue weighted by molar-refractivity contribution is -0.129. The maximum absolute atomic E-state index is 13.0. The molecular weight excluding hydrogens is 404 g/mol. The van der Waals surface area contributed by atoms with Gasteiger partial charge < -0.3 is 15.2 Å². The highest BCUT2D eigenvalue weighted by Crippen LogP contribution is 2.29. The lowest BCUT2D eigenvalue weighted by Crippen LogP contribution is -2.17. The van der Waals surface area contributed by atoms with Gasteiger partial charge in [0.25, 0.3) is 5.91 Å². The number of allylic oxidation sites excluding steroid dienone is 1. The van der Waals surface area contributed by atoms with E-state index >= 15 is 0 Å². The molecule has 0 aliphatic carbocycles. The van der Waals surface area contributed by atoms with Crippen LogP contribution in [0.4, 0.5) is 5.69 Å². The van der Waals surface area contributed by atoms with Crippen molar-refractivity contribution in [1.29, 1.82) is 0 Å². The predicted octanol–water partition coefficient (Wildman–Crippen LogP) is 5.83. The Morgan fingerprint density at radius 3 is 2.28 bits per heavy atom. The minimum absolute atomic E-state index is 0.0364. The van der Waals surface area contributed by atoms with Crippen LogP contribution in [0.5, 0.6) is 5.75 Å². The summed E-state index contributed by atoms with van der Waals surface area (Å²) >= 11 is 0. The Balaban J connectivity index is 0.00000249. The normalized spacial score (nSPS) is 11.9. The number of methoxy groups -OCH3 is 1. The van der Waals surface area contributed by atoms with Crippen LogP contribution in [0, 0.1) is 0 Å². The zero-order valence-electron chi connectivity index (χ0n) is 20.2. The van der Waals surface area contributed by atoms with Crippen molar-refractivity contribution in [2.45, 2.75) is 47.0 Å². The number of amides is 1. The van der Waals surface area contributed by atoms with Gasteiger partial charge in [-0.05, 0) is 59.4 Å². The van der Waals surface area contributed by atoms with Crippen molar-refractivity contribution < 1.29 is 19.4 Å². The third kappa shape index (κ3) is 7.08. The van der Waals surface area contributed by atoms with E-state index in [1.165, 1.54) is 20.2 Å². The quantitative estimate of drug-likeness (QED) is 0.556. The van der Waals surface area contributed by atoms with E-state index in [9.17, 15) is 9.59 Å². The minimum Gasteiger partial charge on any atom is -0.496 e. The maximum Gasteiger partial charge on any atom is 0.354 e. The summed E-state index contributed by atoms with van der Waals surface area (Å²) in [5.41, 5.74) is 3.44. The number of carboxylic acids is 1. The average Bonchev–Trinajstić information content (AvgIpc) is 2.77. The zero-order valence-corrected chi connectivity index (χ0v) is 20.2. The number of anilines is 1. The number of hydrogen-bond acceptors (Lipinski definition) is 4. The number of rotatable bonds is 6. The number of carbonyl (C=O) groups is 2. The van der Waals surface area contributed by atoms with E-state index in [0.717, 1.165) is 16.7 Å². The molecule has 0 unspecified atom stereocenters. The second kappa shape index (κ2) is 11.8. The van der Waals surface area contributed by atoms with E-state index in [2.05, 4.69) is 31.1 Å². The fourth-order valence-corrected chi connectivity index (χ4v) is 2.90. The Morgan fingerprint density at radius 2 is 1.75 bits per heavy atom. The molecule has 0 saturated heterocycles. The van der Waals surface area contributed by atoms with Gasteiger partial charge in [0, 0.05) is 12.7 Å². The van der Waals surface area contributed by atoms with Crippen molar-refractivity contribution in [2.75, 3.05) is 19.5 Å². The molecule has 0 heterocycles. The highest BCUT2D eigenvalue weighted by Gasteiger charge is 2.19. The van der Waals surface area contributed by atoms with Crippen LogP contribution in [0.15, 0.2) is 53.5 Å². The molecule has 1 amide bonds. The highest BCUT2D eigenvalue weighted by molar-refractivity contribution is 6.41. The monoisotopic (exact) mass is 438 g/mol. The number of carbonyl (C=O) groups excluding carboxylic acids is 1. The summed E-state index contributed by atoms with van der Waals surface area (Å²) in [6.07, 6.45) is 1.50. The van der Waals surface area contributed by atoms with Crippen LogP contribution in [-0.2, 0) is 10.2 Å². The molecule has 2 N–H and O–H groups in total. The molecule has 0 atom stereocenters. The van der Waals surface area contributed by atoms with Crippen LogP contribution in [0.25, 0.3) is 5.57 Å². The Kier molecular flexibility index (Phi) is 9.85. The number of hydrogen-bond donors (Lipinski definition) is 2. The number of aliphatic carboxylic acids is 1. The van der Waals surface area contributed by atoms with Gasteiger partial charge in [-0.2, -0.15) is 0 Å². The van der Waals surface area contributed by atoms with E-state index in [0.29, 0.717) is 17.0 Å². The first kappa shape index (κ1) is 26.6. The summed E-state index contributed by atoms with van der Waals surface area (Å²) in [5.74, 6) is -0.872. The van der Waals surface area contributed by atoms with Gasteiger partial charge in [-0.3, -0.25) is 9.79 Å². The first-order valence-corrected chi connectivity index (χ1v) is 10.6. The molecule has 0 radical (unpaired) electrons. The summed E-state index contributed by atoms with van der Waals surface area (Å²) < 4.78 is 5.37. The SMILES string of the molecule is CC.CN=C(/C=C(\C)c1cccc(NC(=O)c2cc(C(C)(C)C)ccc2OC)c1)C(=O)O. The summed E-state index contributed by atoms with van der Waals surface area (Å²) in [4.78, 5) is 27.9. The van der Waals surface area contributed by atoms with Gasteiger partial charge in [0.15, 0.2) is 0 Å². The second-order valence-electron chi connectivity index (χ2n) is 7.94. The van der Waals surface area contributed by atoms with Crippen LogP contribution in [0.2, 0.25) is 0 Å². The first-order chi connectivity index (χ1) is 15.1. The summed E-state index contributed by atoms with van der Waals surface area (Å²) in [6, 6.07) is 12.8. The third-order valence-corrected chi connectivity index (χ3v) is 4.70. The van der Waals surface area contributed by atoms with E-state index in [4.69, 9.17) is 9.84 Å². The summed E-state index contributed by atoms with van der Waals surface area (Å²) in [7, 11) is 2.97. The van der Waals surface area contributed by atoms with E-state index < -0.39 is 5.97 Å². The van der Waals surface area contributed by atoms with Crippen LogP contribution >= 0.6 is 0 Å². The standard InChI is InChI=1S/C24H28N2O4.C2H6/c1-15(12-20(25-5)23(28)29)16-8-7-9-18(13-16)26-22(27)19-14-17(24(2,3)4)10-11-21(19)30-6;1-2/h7-14H,1-6H3,(H,26,27)(H,28,29);1-2H3/b15-12+,25-20?;. The van der Waals surface area contributed by atoms with Gasteiger partial charge in [0.1, 0.15) is 11.5 Å². The number of nitrogens with one attached hydrogen (secondary N) is 1. The molecular formula is C26H34N2O4. The van der Waals surface area contributed by atoms with E-state index in [-0.39, 0.29) is 17.0 Å². The van der Waals surface area contributed by atoms with Crippen molar-refractivity contribution >= 4 is 28.8 Å². The molecule has 172 valence electrons. The lowest BCUT2D eigenvalue weighted by Gasteiger charge is -2.21. The van der Waals surface area contributed by atoms with Crippen molar-refractivity contribution in [2.24, 2.45) is 4.99 Å². The molecule has 0 spiro atoms. The fourth-order valence-electron chi connectivity index (χ4n) is 2.90. The van der Waals surface area contributed by atoms with Crippen molar-refractivity contribution in [3.8, 4) is 5.75 Å². The van der Waals surface area contributed by atoms with Crippen LogP contribution in [-0.4, -0.2) is 36.9 Å². The molecule has 32 heavy (non-hydrogen) atoms. The molecule has 2 aromatic rings. The van der Waals surface area contributed by atoms with Gasteiger partial charge in [0.2, 0.25) is 0 Å². The van der Waals surface area contributed by atoms with Crippen molar-refractivity contribution in [3.05, 3.63) is 65.2 Å². The Morgan fingerprint density at radius 1 is 1.09 bits per heavy atom. The Bertz CT molecular complexity index is 1010. The number of carboxylic acid groups (broad SMARTS) is 1. The number of benzene rings is 2. The zero-order chi connectivity index (χ0) is 24.5. The van der Waals surface area contributed by atoms with Crippen LogP contribution < -0.4 is 10.1 Å². The molecule has 6 heteroatoms. The maximum atomic E-state index is 13.0. The number of aliphatic imine (C=N–C) groups is 1. The van der Waals surface area contributed by atoms with Crippen LogP contribution in [0.1, 0.15) is 63.0 Å². The number of ether oxygens (including phenoxy) is 1. The molecule has 0 aliphatic rings. The number of nitrogens with zero attached hydrogens (tertiary/aromatic N) is 1. The molecule has 2 aromatic carbocycles. The molecule has 0 saturated carbocycles. The van der Waals surface area contributed by atoms with Gasteiger partial charge in [0.05, 0.1) is 12.7 Å². The van der Waals surface area contributed by atoms with Crippen molar-refractivity contribution in [1.82, 2.24) is 0 Å². The van der Waals surface area contributed by atoms with Gasteiger partial charge >= 0.3 is 5.97 Å².